The van der Waals surface area contributed by atoms with Gasteiger partial charge >= 0.3 is 0 Å². The first-order valence-electron chi connectivity index (χ1n) is 7.42. The molecule has 110 valence electrons. The third kappa shape index (κ3) is 2.61. The standard InChI is InChI=1S/C18H21NO2/c1-19-12-6-11-15-13-7-3-4-8-14(13)18-16(20-2)9-5-10-17(18)21-15/h3-5,7-10,15,19H,6,11-12H2,1-2H3. The lowest BCUT2D eigenvalue weighted by atomic mass is 9.90. The number of hydrogen-bond donors (Lipinski definition) is 1. The summed E-state index contributed by atoms with van der Waals surface area (Å²) in [4.78, 5) is 0. The molecule has 3 heteroatoms. The van der Waals surface area contributed by atoms with Gasteiger partial charge in [0, 0.05) is 5.56 Å². The maximum atomic E-state index is 6.24. The third-order valence-corrected chi connectivity index (χ3v) is 3.95. The molecule has 0 saturated carbocycles. The van der Waals surface area contributed by atoms with Crippen molar-refractivity contribution in [2.45, 2.75) is 18.9 Å². The molecular weight excluding hydrogens is 262 g/mol. The average Bonchev–Trinajstić information content (AvgIpc) is 2.54. The molecule has 1 aliphatic heterocycles. The Balaban J connectivity index is 2.01. The third-order valence-electron chi connectivity index (χ3n) is 3.95. The molecule has 0 saturated heterocycles. The first-order chi connectivity index (χ1) is 10.3. The van der Waals surface area contributed by atoms with Gasteiger partial charge in [0.25, 0.3) is 0 Å². The molecule has 1 N–H and O–H groups in total. The van der Waals surface area contributed by atoms with Gasteiger partial charge in [-0.15, -0.1) is 0 Å². The van der Waals surface area contributed by atoms with Crippen LogP contribution < -0.4 is 14.8 Å². The molecule has 1 heterocycles. The minimum absolute atomic E-state index is 0.120. The Labute approximate surface area is 125 Å². The summed E-state index contributed by atoms with van der Waals surface area (Å²) in [6, 6.07) is 14.5. The molecule has 3 rings (SSSR count). The Morgan fingerprint density at radius 1 is 1.14 bits per heavy atom. The van der Waals surface area contributed by atoms with E-state index in [0.717, 1.165) is 36.4 Å². The SMILES string of the molecule is CNCCCC1Oc2cccc(OC)c2-c2ccccc21. The van der Waals surface area contributed by atoms with Crippen LogP contribution in [0.5, 0.6) is 11.5 Å². The number of hydrogen-bond acceptors (Lipinski definition) is 3. The summed E-state index contributed by atoms with van der Waals surface area (Å²) < 4.78 is 11.8. The minimum Gasteiger partial charge on any atom is -0.496 e. The van der Waals surface area contributed by atoms with Gasteiger partial charge in [0.15, 0.2) is 0 Å². The molecule has 1 aliphatic rings. The van der Waals surface area contributed by atoms with Crippen LogP contribution in [-0.4, -0.2) is 20.7 Å². The van der Waals surface area contributed by atoms with Crippen molar-refractivity contribution in [3.8, 4) is 22.6 Å². The number of ether oxygens (including phenoxy) is 2. The molecule has 0 radical (unpaired) electrons. The quantitative estimate of drug-likeness (QED) is 0.847. The second kappa shape index (κ2) is 6.19. The minimum atomic E-state index is 0.120. The van der Waals surface area contributed by atoms with Crippen molar-refractivity contribution in [2.75, 3.05) is 20.7 Å². The number of benzene rings is 2. The van der Waals surface area contributed by atoms with Crippen molar-refractivity contribution in [3.05, 3.63) is 48.0 Å². The Bertz CT molecular complexity index is 624. The lowest BCUT2D eigenvalue weighted by Gasteiger charge is -2.29. The predicted molar refractivity (Wildman–Crippen MR) is 85.0 cm³/mol. The summed E-state index contributed by atoms with van der Waals surface area (Å²) >= 11 is 0. The highest BCUT2D eigenvalue weighted by Crippen LogP contribution is 2.47. The van der Waals surface area contributed by atoms with E-state index < -0.39 is 0 Å². The van der Waals surface area contributed by atoms with Gasteiger partial charge in [0.05, 0.1) is 12.7 Å². The molecule has 0 amide bonds. The highest BCUT2D eigenvalue weighted by atomic mass is 16.5. The lowest BCUT2D eigenvalue weighted by molar-refractivity contribution is 0.187. The van der Waals surface area contributed by atoms with Gasteiger partial charge in [-0.1, -0.05) is 30.3 Å². The molecule has 21 heavy (non-hydrogen) atoms. The zero-order valence-electron chi connectivity index (χ0n) is 12.6. The molecule has 2 aromatic rings. The molecule has 0 aromatic heterocycles. The summed E-state index contributed by atoms with van der Waals surface area (Å²) in [5, 5.41) is 3.19. The van der Waals surface area contributed by atoms with Crippen LogP contribution >= 0.6 is 0 Å². The second-order valence-electron chi connectivity index (χ2n) is 5.27. The van der Waals surface area contributed by atoms with E-state index in [0.29, 0.717) is 0 Å². The van der Waals surface area contributed by atoms with E-state index >= 15 is 0 Å². The van der Waals surface area contributed by atoms with E-state index in [-0.39, 0.29) is 6.10 Å². The smallest absolute Gasteiger partial charge is 0.131 e. The topological polar surface area (TPSA) is 30.5 Å². The summed E-state index contributed by atoms with van der Waals surface area (Å²) in [5.74, 6) is 1.79. The van der Waals surface area contributed by atoms with Crippen LogP contribution in [0, 0.1) is 0 Å². The van der Waals surface area contributed by atoms with Gasteiger partial charge in [-0.25, -0.2) is 0 Å². The van der Waals surface area contributed by atoms with Crippen molar-refractivity contribution in [1.29, 1.82) is 0 Å². The van der Waals surface area contributed by atoms with E-state index in [1.54, 1.807) is 7.11 Å². The summed E-state index contributed by atoms with van der Waals surface area (Å²) in [6.45, 7) is 1.01. The largest absolute Gasteiger partial charge is 0.496 e. The van der Waals surface area contributed by atoms with Crippen molar-refractivity contribution in [3.63, 3.8) is 0 Å². The molecule has 0 fully saturated rings. The van der Waals surface area contributed by atoms with Crippen LogP contribution in [0.4, 0.5) is 0 Å². The number of nitrogens with one attached hydrogen (secondary N) is 1. The monoisotopic (exact) mass is 283 g/mol. The zero-order valence-corrected chi connectivity index (χ0v) is 12.6. The number of methoxy groups -OCH3 is 1. The zero-order chi connectivity index (χ0) is 14.7. The first-order valence-corrected chi connectivity index (χ1v) is 7.42. The van der Waals surface area contributed by atoms with E-state index in [2.05, 4.69) is 29.6 Å². The average molecular weight is 283 g/mol. The van der Waals surface area contributed by atoms with Crippen molar-refractivity contribution in [1.82, 2.24) is 5.32 Å². The molecule has 0 spiro atoms. The number of fused-ring (bicyclic) bond motifs is 3. The fourth-order valence-corrected chi connectivity index (χ4v) is 2.95. The van der Waals surface area contributed by atoms with Gasteiger partial charge in [0.1, 0.15) is 17.6 Å². The maximum Gasteiger partial charge on any atom is 0.131 e. The van der Waals surface area contributed by atoms with Gasteiger partial charge in [-0.3, -0.25) is 0 Å². The molecule has 1 atom stereocenters. The maximum absolute atomic E-state index is 6.24. The fraction of sp³-hybridized carbons (Fsp3) is 0.333. The van der Waals surface area contributed by atoms with Crippen LogP contribution in [-0.2, 0) is 0 Å². The molecule has 0 bridgehead atoms. The van der Waals surface area contributed by atoms with E-state index in [1.165, 1.54) is 11.1 Å². The summed E-state index contributed by atoms with van der Waals surface area (Å²) in [7, 11) is 3.69. The Kier molecular flexibility index (Phi) is 4.11. The Morgan fingerprint density at radius 3 is 2.81 bits per heavy atom. The summed E-state index contributed by atoms with van der Waals surface area (Å²) in [6.07, 6.45) is 2.22. The van der Waals surface area contributed by atoms with E-state index in [4.69, 9.17) is 9.47 Å². The van der Waals surface area contributed by atoms with Gasteiger partial charge < -0.3 is 14.8 Å². The second-order valence-corrected chi connectivity index (χ2v) is 5.27. The van der Waals surface area contributed by atoms with E-state index in [9.17, 15) is 0 Å². The van der Waals surface area contributed by atoms with E-state index in [1.807, 2.05) is 25.2 Å². The van der Waals surface area contributed by atoms with Crippen LogP contribution in [0.25, 0.3) is 11.1 Å². The molecule has 3 nitrogen and oxygen atoms in total. The van der Waals surface area contributed by atoms with Crippen LogP contribution in [0.2, 0.25) is 0 Å². The predicted octanol–water partition coefficient (Wildman–Crippen LogP) is 3.80. The molecular formula is C18H21NO2. The number of rotatable bonds is 5. The van der Waals surface area contributed by atoms with Crippen LogP contribution in [0.15, 0.2) is 42.5 Å². The van der Waals surface area contributed by atoms with Crippen molar-refractivity contribution < 1.29 is 9.47 Å². The van der Waals surface area contributed by atoms with Crippen molar-refractivity contribution >= 4 is 0 Å². The van der Waals surface area contributed by atoms with Crippen LogP contribution in [0.1, 0.15) is 24.5 Å². The van der Waals surface area contributed by atoms with Gasteiger partial charge in [-0.2, -0.15) is 0 Å². The molecule has 1 unspecified atom stereocenters. The highest BCUT2D eigenvalue weighted by Gasteiger charge is 2.27. The van der Waals surface area contributed by atoms with Crippen LogP contribution in [0.3, 0.4) is 0 Å². The summed E-state index contributed by atoms with van der Waals surface area (Å²) in [5.41, 5.74) is 3.55. The van der Waals surface area contributed by atoms with Gasteiger partial charge in [-0.05, 0) is 44.1 Å². The first kappa shape index (κ1) is 14.0. The molecule has 2 aromatic carbocycles. The molecule has 0 aliphatic carbocycles. The normalized spacial score (nSPS) is 15.8. The lowest BCUT2D eigenvalue weighted by Crippen LogP contribution is -2.17. The van der Waals surface area contributed by atoms with Crippen molar-refractivity contribution in [2.24, 2.45) is 0 Å². The highest BCUT2D eigenvalue weighted by molar-refractivity contribution is 5.81. The fourth-order valence-electron chi connectivity index (χ4n) is 2.95. The Hall–Kier alpha value is -2.00. The van der Waals surface area contributed by atoms with Gasteiger partial charge in [0.2, 0.25) is 0 Å². The Morgan fingerprint density at radius 2 is 2.00 bits per heavy atom.